The van der Waals surface area contributed by atoms with Crippen molar-refractivity contribution in [2.75, 3.05) is 11.9 Å². The van der Waals surface area contributed by atoms with Crippen LogP contribution in [0.15, 0.2) is 35.5 Å². The fraction of sp³-hybridized carbons (Fsp3) is 0.522. The number of rotatable bonds is 9. The maximum absolute atomic E-state index is 12.9. The Morgan fingerprint density at radius 2 is 1.83 bits per heavy atom. The summed E-state index contributed by atoms with van der Waals surface area (Å²) in [6.07, 6.45) is 2.80. The maximum Gasteiger partial charge on any atom is 0.338 e. The number of esters is 1. The molecule has 1 aromatic rings. The second-order valence-corrected chi connectivity index (χ2v) is 7.76. The van der Waals surface area contributed by atoms with Crippen LogP contribution in [0.4, 0.5) is 10.5 Å². The molecule has 7 nitrogen and oxygen atoms in total. The summed E-state index contributed by atoms with van der Waals surface area (Å²) in [6.45, 7) is 9.91. The Hall–Kier alpha value is -2.83. The number of urea groups is 1. The number of ether oxygens (including phenoxy) is 1. The molecule has 2 N–H and O–H groups in total. The van der Waals surface area contributed by atoms with Crippen LogP contribution in [0.1, 0.15) is 71.9 Å². The minimum Gasteiger partial charge on any atom is -0.459 e. The van der Waals surface area contributed by atoms with Crippen LogP contribution < -0.4 is 10.6 Å². The molecule has 0 fully saturated rings. The second-order valence-electron chi connectivity index (χ2n) is 7.76. The standard InChI is InChI=1S/C23H33N3O4/c1-6-8-9-19(27)24-18-12-10-17(11-13-18)21-20(22(28)30-15(3)4)16(5)26(14-7-2)23(29)25-21/h10-13,15,21H,6-9,14H2,1-5H3,(H,24,27)(H,25,29)/t21-/m0/s1. The van der Waals surface area contributed by atoms with Gasteiger partial charge >= 0.3 is 12.0 Å². The molecule has 1 aliphatic heterocycles. The van der Waals surface area contributed by atoms with E-state index in [2.05, 4.69) is 10.6 Å². The summed E-state index contributed by atoms with van der Waals surface area (Å²) < 4.78 is 5.46. The van der Waals surface area contributed by atoms with Gasteiger partial charge in [0.05, 0.1) is 17.7 Å². The molecule has 2 rings (SSSR count). The van der Waals surface area contributed by atoms with Crippen LogP contribution in [0.2, 0.25) is 0 Å². The van der Waals surface area contributed by atoms with Gasteiger partial charge < -0.3 is 15.4 Å². The SMILES string of the molecule is CCCCC(=O)Nc1ccc([C@@H]2NC(=O)N(CCC)C(C)=C2C(=O)OC(C)C)cc1. The summed E-state index contributed by atoms with van der Waals surface area (Å²) in [5.41, 5.74) is 2.47. The van der Waals surface area contributed by atoms with Crippen LogP contribution in [0.3, 0.4) is 0 Å². The summed E-state index contributed by atoms with van der Waals surface area (Å²) in [5, 5.41) is 5.80. The number of nitrogens with one attached hydrogen (secondary N) is 2. The molecule has 0 radical (unpaired) electrons. The van der Waals surface area contributed by atoms with Crippen molar-refractivity contribution in [2.45, 2.75) is 72.4 Å². The van der Waals surface area contributed by atoms with Crippen LogP contribution >= 0.6 is 0 Å². The first kappa shape index (κ1) is 23.4. The molecule has 164 valence electrons. The van der Waals surface area contributed by atoms with Gasteiger partial charge in [-0.3, -0.25) is 9.69 Å². The first-order valence-electron chi connectivity index (χ1n) is 10.7. The van der Waals surface area contributed by atoms with E-state index >= 15 is 0 Å². The fourth-order valence-electron chi connectivity index (χ4n) is 3.39. The van der Waals surface area contributed by atoms with E-state index in [1.54, 1.807) is 37.8 Å². The molecule has 3 amide bonds. The Bertz CT molecular complexity index is 799. The topological polar surface area (TPSA) is 87.7 Å². The Kier molecular flexibility index (Phi) is 8.45. The Morgan fingerprint density at radius 3 is 2.40 bits per heavy atom. The summed E-state index contributed by atoms with van der Waals surface area (Å²) in [7, 11) is 0. The van der Waals surface area contributed by atoms with Crippen molar-refractivity contribution in [3.8, 4) is 0 Å². The molecule has 1 aromatic carbocycles. The smallest absolute Gasteiger partial charge is 0.338 e. The maximum atomic E-state index is 12.9. The zero-order chi connectivity index (χ0) is 22.3. The third-order valence-corrected chi connectivity index (χ3v) is 4.89. The van der Waals surface area contributed by atoms with Crippen molar-refractivity contribution < 1.29 is 19.1 Å². The number of anilines is 1. The summed E-state index contributed by atoms with van der Waals surface area (Å²) >= 11 is 0. The van der Waals surface area contributed by atoms with Crippen molar-refractivity contribution in [1.29, 1.82) is 0 Å². The Labute approximate surface area is 178 Å². The predicted octanol–water partition coefficient (Wildman–Crippen LogP) is 4.52. The van der Waals surface area contributed by atoms with Crippen LogP contribution in [-0.4, -0.2) is 35.5 Å². The quantitative estimate of drug-likeness (QED) is 0.581. The molecule has 0 unspecified atom stereocenters. The average molecular weight is 416 g/mol. The van der Waals surface area contributed by atoms with Crippen LogP contribution in [0, 0.1) is 0 Å². The number of nitrogens with zero attached hydrogens (tertiary/aromatic N) is 1. The lowest BCUT2D eigenvalue weighted by molar-refractivity contribution is -0.143. The molecular formula is C23H33N3O4. The summed E-state index contributed by atoms with van der Waals surface area (Å²) in [5.74, 6) is -0.465. The van der Waals surface area contributed by atoms with E-state index in [4.69, 9.17) is 4.74 Å². The summed E-state index contributed by atoms with van der Waals surface area (Å²) in [4.78, 5) is 39.0. The first-order valence-corrected chi connectivity index (χ1v) is 10.7. The number of hydrogen-bond donors (Lipinski definition) is 2. The molecular weight excluding hydrogens is 382 g/mol. The number of hydrogen-bond acceptors (Lipinski definition) is 4. The Morgan fingerprint density at radius 1 is 1.17 bits per heavy atom. The van der Waals surface area contributed by atoms with Gasteiger partial charge in [-0.15, -0.1) is 0 Å². The molecule has 1 aliphatic rings. The second kappa shape index (κ2) is 10.8. The van der Waals surface area contributed by atoms with Gasteiger partial charge in [0.25, 0.3) is 0 Å². The molecule has 0 saturated carbocycles. The normalized spacial score (nSPS) is 16.5. The zero-order valence-electron chi connectivity index (χ0n) is 18.6. The van der Waals surface area contributed by atoms with Gasteiger partial charge in [0.2, 0.25) is 5.91 Å². The number of amides is 3. The monoisotopic (exact) mass is 415 g/mol. The highest BCUT2D eigenvalue weighted by molar-refractivity contribution is 5.95. The highest BCUT2D eigenvalue weighted by Crippen LogP contribution is 2.32. The third kappa shape index (κ3) is 5.84. The molecule has 1 heterocycles. The van der Waals surface area contributed by atoms with Crippen molar-refractivity contribution in [3.63, 3.8) is 0 Å². The zero-order valence-corrected chi connectivity index (χ0v) is 18.6. The van der Waals surface area contributed by atoms with E-state index < -0.39 is 12.0 Å². The predicted molar refractivity (Wildman–Crippen MR) is 117 cm³/mol. The van der Waals surface area contributed by atoms with E-state index in [9.17, 15) is 14.4 Å². The number of carbonyl (C=O) groups excluding carboxylic acids is 3. The number of unbranched alkanes of at least 4 members (excludes halogenated alkanes) is 1. The molecule has 0 bridgehead atoms. The largest absolute Gasteiger partial charge is 0.459 e. The highest BCUT2D eigenvalue weighted by Gasteiger charge is 2.36. The van der Waals surface area contributed by atoms with Crippen LogP contribution in [-0.2, 0) is 14.3 Å². The van der Waals surface area contributed by atoms with Crippen molar-refractivity contribution in [3.05, 3.63) is 41.1 Å². The van der Waals surface area contributed by atoms with Gasteiger partial charge in [-0.2, -0.15) is 0 Å². The van der Waals surface area contributed by atoms with Gasteiger partial charge in [0, 0.05) is 24.4 Å². The molecule has 1 atom stereocenters. The molecule has 7 heteroatoms. The van der Waals surface area contributed by atoms with Gasteiger partial charge in [0.1, 0.15) is 0 Å². The molecule has 0 aliphatic carbocycles. The average Bonchev–Trinajstić information content (AvgIpc) is 2.69. The van der Waals surface area contributed by atoms with E-state index in [1.807, 2.05) is 26.0 Å². The fourth-order valence-corrected chi connectivity index (χ4v) is 3.39. The lowest BCUT2D eigenvalue weighted by Gasteiger charge is -2.35. The Balaban J connectivity index is 2.31. The van der Waals surface area contributed by atoms with Gasteiger partial charge in [0.15, 0.2) is 0 Å². The van der Waals surface area contributed by atoms with E-state index in [1.165, 1.54) is 0 Å². The van der Waals surface area contributed by atoms with Crippen molar-refractivity contribution in [2.24, 2.45) is 0 Å². The van der Waals surface area contributed by atoms with Gasteiger partial charge in [-0.25, -0.2) is 9.59 Å². The van der Waals surface area contributed by atoms with Gasteiger partial charge in [-0.05, 0) is 51.3 Å². The molecule has 0 spiro atoms. The van der Waals surface area contributed by atoms with Crippen molar-refractivity contribution >= 4 is 23.6 Å². The van der Waals surface area contributed by atoms with Crippen LogP contribution in [0.5, 0.6) is 0 Å². The van der Waals surface area contributed by atoms with Crippen LogP contribution in [0.25, 0.3) is 0 Å². The molecule has 0 saturated heterocycles. The first-order chi connectivity index (χ1) is 14.3. The lowest BCUT2D eigenvalue weighted by Crippen LogP contribution is -2.48. The van der Waals surface area contributed by atoms with E-state index in [0.29, 0.717) is 29.9 Å². The minimum absolute atomic E-state index is 0.0253. The van der Waals surface area contributed by atoms with Gasteiger partial charge in [-0.1, -0.05) is 32.4 Å². The number of benzene rings is 1. The summed E-state index contributed by atoms with van der Waals surface area (Å²) in [6, 6.07) is 6.34. The lowest BCUT2D eigenvalue weighted by atomic mass is 9.94. The molecule has 0 aromatic heterocycles. The number of carbonyl (C=O) groups is 3. The number of allylic oxidation sites excluding steroid dienone is 1. The van der Waals surface area contributed by atoms with E-state index in [-0.39, 0.29) is 18.0 Å². The highest BCUT2D eigenvalue weighted by atomic mass is 16.5. The third-order valence-electron chi connectivity index (χ3n) is 4.89. The van der Waals surface area contributed by atoms with Crippen molar-refractivity contribution in [1.82, 2.24) is 10.2 Å². The van der Waals surface area contributed by atoms with E-state index in [0.717, 1.165) is 24.8 Å². The minimum atomic E-state index is -0.610. The molecule has 30 heavy (non-hydrogen) atoms.